The van der Waals surface area contributed by atoms with Crippen molar-refractivity contribution in [3.63, 3.8) is 0 Å². The van der Waals surface area contributed by atoms with Gasteiger partial charge in [-0.15, -0.1) is 0 Å². The summed E-state index contributed by atoms with van der Waals surface area (Å²) in [5, 5.41) is 0.340. The van der Waals surface area contributed by atoms with Crippen molar-refractivity contribution in [1.29, 1.82) is 0 Å². The number of hydrogen-bond donors (Lipinski definition) is 0. The molecule has 3 aromatic carbocycles. The molecule has 3 aromatic rings. The van der Waals surface area contributed by atoms with E-state index in [0.717, 1.165) is 37.8 Å². The Hall–Kier alpha value is -1.56. The van der Waals surface area contributed by atoms with E-state index < -0.39 is 0 Å². The molecule has 8 heteroatoms. The van der Waals surface area contributed by atoms with Crippen LogP contribution in [0.1, 0.15) is 16.7 Å². The van der Waals surface area contributed by atoms with Crippen molar-refractivity contribution in [2.75, 3.05) is 0 Å². The molecular weight excluding hydrogens is 672 g/mol. The van der Waals surface area contributed by atoms with E-state index in [9.17, 15) is 9.59 Å². The summed E-state index contributed by atoms with van der Waals surface area (Å²) in [4.78, 5) is 26.9. The number of halogens is 3. The summed E-state index contributed by atoms with van der Waals surface area (Å²) in [5.74, 6) is 0.487. The second-order valence-corrected chi connectivity index (χ2v) is 10.8. The van der Waals surface area contributed by atoms with Gasteiger partial charge in [-0.3, -0.25) is 14.5 Å². The van der Waals surface area contributed by atoms with Crippen LogP contribution in [0.5, 0.6) is 5.75 Å². The molecule has 0 N–H and O–H groups in total. The normalized spacial score (nSPS) is 15.0. The zero-order valence-electron chi connectivity index (χ0n) is 16.6. The molecule has 0 unspecified atom stereocenters. The Morgan fingerprint density at radius 3 is 2.31 bits per heavy atom. The van der Waals surface area contributed by atoms with E-state index >= 15 is 0 Å². The summed E-state index contributed by atoms with van der Waals surface area (Å²) in [7, 11) is 0. The summed E-state index contributed by atoms with van der Waals surface area (Å²) in [6.07, 6.45) is 1.75. The van der Waals surface area contributed by atoms with Crippen molar-refractivity contribution >= 4 is 85.8 Å². The van der Waals surface area contributed by atoms with E-state index in [0.29, 0.717) is 16.5 Å². The average Bonchev–Trinajstić information content (AvgIpc) is 3.03. The molecule has 4 rings (SSSR count). The third-order valence-corrected chi connectivity index (χ3v) is 7.41. The van der Waals surface area contributed by atoms with Crippen LogP contribution in [-0.4, -0.2) is 16.0 Å². The Labute approximate surface area is 222 Å². The van der Waals surface area contributed by atoms with Crippen LogP contribution in [0.2, 0.25) is 5.02 Å². The van der Waals surface area contributed by atoms with Crippen molar-refractivity contribution < 1.29 is 14.3 Å². The Balaban J connectivity index is 1.44. The zero-order chi connectivity index (χ0) is 22.7. The molecule has 162 valence electrons. The van der Waals surface area contributed by atoms with Crippen molar-refractivity contribution in [3.05, 3.63) is 100 Å². The molecule has 1 aliphatic heterocycles. The second-order valence-electron chi connectivity index (χ2n) is 7.00. The number of carbonyl (C=O) groups excluding carboxylic acids is 2. The Morgan fingerprint density at radius 2 is 1.62 bits per heavy atom. The molecule has 0 saturated carbocycles. The van der Waals surface area contributed by atoms with Crippen LogP contribution in [0.4, 0.5) is 4.79 Å². The zero-order valence-corrected chi connectivity index (χ0v) is 22.4. The van der Waals surface area contributed by atoms with E-state index in [-0.39, 0.29) is 17.7 Å². The van der Waals surface area contributed by atoms with E-state index in [1.165, 1.54) is 8.47 Å². The molecule has 0 aliphatic carbocycles. The number of nitrogens with zero attached hydrogens (tertiary/aromatic N) is 1. The molecule has 4 nitrogen and oxygen atoms in total. The molecule has 0 aromatic heterocycles. The first-order valence-corrected chi connectivity index (χ1v) is 12.9. The van der Waals surface area contributed by atoms with Crippen LogP contribution in [0.3, 0.4) is 0 Å². The highest BCUT2D eigenvalue weighted by Gasteiger charge is 2.35. The lowest BCUT2D eigenvalue weighted by molar-refractivity contribution is -0.123. The van der Waals surface area contributed by atoms with Crippen LogP contribution in [0, 0.1) is 7.14 Å². The van der Waals surface area contributed by atoms with Gasteiger partial charge in [-0.05, 0) is 116 Å². The third-order valence-electron chi connectivity index (χ3n) is 4.69. The average molecular weight is 688 g/mol. The Kier molecular flexibility index (Phi) is 7.80. The first-order chi connectivity index (χ1) is 15.4. The maximum atomic E-state index is 12.8. The number of amides is 2. The van der Waals surface area contributed by atoms with Gasteiger partial charge >= 0.3 is 0 Å². The highest BCUT2D eigenvalue weighted by molar-refractivity contribution is 14.1. The van der Waals surface area contributed by atoms with E-state index in [1.54, 1.807) is 18.2 Å². The molecular formula is C24H16ClI2NO3S. The second kappa shape index (κ2) is 10.6. The SMILES string of the molecule is O=C1S/C(=C/c2ccc(OCc3ccc(I)cc3)c(I)c2)C(=O)N1Cc1ccc(Cl)cc1. The van der Waals surface area contributed by atoms with Crippen LogP contribution in [0.15, 0.2) is 71.6 Å². The van der Waals surface area contributed by atoms with Crippen molar-refractivity contribution in [2.45, 2.75) is 13.2 Å². The fourth-order valence-corrected chi connectivity index (χ4v) is 5.04. The molecule has 0 spiro atoms. The maximum absolute atomic E-state index is 12.8. The summed E-state index contributed by atoms with van der Waals surface area (Å²) in [5.41, 5.74) is 2.79. The Bertz CT molecular complexity index is 1200. The minimum atomic E-state index is -0.288. The smallest absolute Gasteiger partial charge is 0.293 e. The van der Waals surface area contributed by atoms with Crippen LogP contribution < -0.4 is 4.74 Å². The lowest BCUT2D eigenvalue weighted by atomic mass is 10.2. The molecule has 0 atom stereocenters. The summed E-state index contributed by atoms with van der Waals surface area (Å²) < 4.78 is 8.06. The van der Waals surface area contributed by atoms with Gasteiger partial charge < -0.3 is 4.74 Å². The van der Waals surface area contributed by atoms with Crippen molar-refractivity contribution in [2.24, 2.45) is 0 Å². The predicted molar refractivity (Wildman–Crippen MR) is 146 cm³/mol. The van der Waals surface area contributed by atoms with Gasteiger partial charge in [0.2, 0.25) is 0 Å². The highest BCUT2D eigenvalue weighted by atomic mass is 127. The predicted octanol–water partition coefficient (Wildman–Crippen LogP) is 7.36. The maximum Gasteiger partial charge on any atom is 0.293 e. The lowest BCUT2D eigenvalue weighted by Crippen LogP contribution is -2.27. The largest absolute Gasteiger partial charge is 0.488 e. The quantitative estimate of drug-likeness (QED) is 0.201. The number of imide groups is 1. The first kappa shape index (κ1) is 23.6. The summed E-state index contributed by atoms with van der Waals surface area (Å²) >= 11 is 11.4. The Morgan fingerprint density at radius 1 is 0.938 bits per heavy atom. The first-order valence-electron chi connectivity index (χ1n) is 9.55. The van der Waals surface area contributed by atoms with E-state index in [4.69, 9.17) is 16.3 Å². The number of rotatable bonds is 6. The lowest BCUT2D eigenvalue weighted by Gasteiger charge is -2.12. The van der Waals surface area contributed by atoms with Gasteiger partial charge in [0.25, 0.3) is 11.1 Å². The van der Waals surface area contributed by atoms with Gasteiger partial charge in [0, 0.05) is 8.59 Å². The van der Waals surface area contributed by atoms with Crippen LogP contribution in [0.25, 0.3) is 6.08 Å². The van der Waals surface area contributed by atoms with Gasteiger partial charge in [-0.2, -0.15) is 0 Å². The van der Waals surface area contributed by atoms with Crippen molar-refractivity contribution in [1.82, 2.24) is 4.90 Å². The van der Waals surface area contributed by atoms with Gasteiger partial charge in [-0.25, -0.2) is 0 Å². The van der Waals surface area contributed by atoms with Gasteiger partial charge in [0.1, 0.15) is 12.4 Å². The van der Waals surface area contributed by atoms with Crippen molar-refractivity contribution in [3.8, 4) is 5.75 Å². The number of hydrogen-bond acceptors (Lipinski definition) is 4. The van der Waals surface area contributed by atoms with Crippen LogP contribution >= 0.6 is 68.5 Å². The molecule has 1 fully saturated rings. The molecule has 1 aliphatic rings. The molecule has 0 bridgehead atoms. The molecule has 1 heterocycles. The molecule has 1 saturated heterocycles. The fourth-order valence-electron chi connectivity index (χ4n) is 3.03. The van der Waals surface area contributed by atoms with Gasteiger partial charge in [0.15, 0.2) is 0 Å². The van der Waals surface area contributed by atoms with E-state index in [1.807, 2.05) is 54.6 Å². The van der Waals surface area contributed by atoms with E-state index in [2.05, 4.69) is 45.2 Å². The minimum absolute atomic E-state index is 0.224. The fraction of sp³-hybridized carbons (Fsp3) is 0.0833. The monoisotopic (exact) mass is 687 g/mol. The van der Waals surface area contributed by atoms with Gasteiger partial charge in [0.05, 0.1) is 15.0 Å². The van der Waals surface area contributed by atoms with Crippen LogP contribution in [-0.2, 0) is 17.9 Å². The minimum Gasteiger partial charge on any atom is -0.488 e. The molecule has 0 radical (unpaired) electrons. The third kappa shape index (κ3) is 5.86. The number of thioether (sulfide) groups is 1. The van der Waals surface area contributed by atoms with Gasteiger partial charge in [-0.1, -0.05) is 41.9 Å². The number of carbonyl (C=O) groups is 2. The summed E-state index contributed by atoms with van der Waals surface area (Å²) in [6.45, 7) is 0.706. The highest BCUT2D eigenvalue weighted by Crippen LogP contribution is 2.34. The number of benzene rings is 3. The topological polar surface area (TPSA) is 46.6 Å². The molecule has 32 heavy (non-hydrogen) atoms. The molecule has 2 amide bonds. The standard InChI is InChI=1S/C24H16ClI2NO3S/c25-18-6-1-15(2-7-18)13-28-23(29)22(32-24(28)30)12-17-5-10-21(20(27)11-17)31-14-16-3-8-19(26)9-4-16/h1-12H,13-14H2/b22-12+. The summed E-state index contributed by atoms with van der Waals surface area (Å²) in [6, 6.07) is 21.0. The number of ether oxygens (including phenoxy) is 1.